The summed E-state index contributed by atoms with van der Waals surface area (Å²) in [6, 6.07) is 8.05. The summed E-state index contributed by atoms with van der Waals surface area (Å²) in [5.41, 5.74) is 1.22. The lowest BCUT2D eigenvalue weighted by atomic mass is 10.0. The standard InChI is InChI=1S/C22H36N4O3/c1-26(2)21(27)17-25-22(23-14-6-8-20-7-4-5-16-29-20)24-15-13-18-9-11-19(28-3)12-10-18/h9-12,20H,4-8,13-17H2,1-3H3,(H2,23,24,25). The highest BCUT2D eigenvalue weighted by atomic mass is 16.5. The maximum Gasteiger partial charge on any atom is 0.243 e. The van der Waals surface area contributed by atoms with Crippen LogP contribution in [-0.2, 0) is 16.0 Å². The first-order chi connectivity index (χ1) is 14.1. The van der Waals surface area contributed by atoms with Crippen molar-refractivity contribution in [3.8, 4) is 5.75 Å². The fourth-order valence-corrected chi connectivity index (χ4v) is 3.15. The zero-order valence-corrected chi connectivity index (χ0v) is 18.1. The summed E-state index contributed by atoms with van der Waals surface area (Å²) in [7, 11) is 5.15. The summed E-state index contributed by atoms with van der Waals surface area (Å²) in [5, 5.41) is 6.69. The van der Waals surface area contributed by atoms with Gasteiger partial charge in [0.2, 0.25) is 5.91 Å². The monoisotopic (exact) mass is 404 g/mol. The van der Waals surface area contributed by atoms with Crippen molar-refractivity contribution in [2.75, 3.05) is 47.4 Å². The highest BCUT2D eigenvalue weighted by Crippen LogP contribution is 2.16. The Kier molecular flexibility index (Phi) is 10.3. The molecule has 0 spiro atoms. The number of likely N-dealkylation sites (N-methyl/N-ethyl adjacent to an activating group) is 1. The lowest BCUT2D eigenvalue weighted by Crippen LogP contribution is -2.40. The Morgan fingerprint density at radius 2 is 1.97 bits per heavy atom. The van der Waals surface area contributed by atoms with Crippen molar-refractivity contribution < 1.29 is 14.3 Å². The summed E-state index contributed by atoms with van der Waals surface area (Å²) in [6.07, 6.45) is 6.95. The molecule has 1 aromatic rings. The number of carbonyl (C=O) groups excluding carboxylic acids is 1. The van der Waals surface area contributed by atoms with E-state index in [-0.39, 0.29) is 12.5 Å². The fourth-order valence-electron chi connectivity index (χ4n) is 3.15. The SMILES string of the molecule is COc1ccc(CCNC(=NCC(=O)N(C)C)NCCCC2CCCCO2)cc1. The number of carbonyl (C=O) groups is 1. The molecule has 1 fully saturated rings. The molecule has 0 aliphatic carbocycles. The van der Waals surface area contributed by atoms with Crippen molar-refractivity contribution in [1.29, 1.82) is 0 Å². The van der Waals surface area contributed by atoms with Crippen LogP contribution in [0.1, 0.15) is 37.7 Å². The zero-order chi connectivity index (χ0) is 20.9. The molecule has 0 radical (unpaired) electrons. The van der Waals surface area contributed by atoms with Crippen LogP contribution in [0, 0.1) is 0 Å². The van der Waals surface area contributed by atoms with E-state index in [1.54, 1.807) is 26.1 Å². The molecule has 1 aliphatic rings. The third kappa shape index (κ3) is 9.17. The predicted molar refractivity (Wildman–Crippen MR) is 117 cm³/mol. The molecule has 1 amide bonds. The van der Waals surface area contributed by atoms with Gasteiger partial charge in [0, 0.05) is 33.8 Å². The third-order valence-electron chi connectivity index (χ3n) is 5.01. The van der Waals surface area contributed by atoms with E-state index in [4.69, 9.17) is 9.47 Å². The Morgan fingerprint density at radius 1 is 1.21 bits per heavy atom. The van der Waals surface area contributed by atoms with Crippen molar-refractivity contribution in [1.82, 2.24) is 15.5 Å². The van der Waals surface area contributed by atoms with Crippen molar-refractivity contribution in [3.63, 3.8) is 0 Å². The second kappa shape index (κ2) is 13.0. The largest absolute Gasteiger partial charge is 0.497 e. The van der Waals surface area contributed by atoms with Gasteiger partial charge in [-0.05, 0) is 56.2 Å². The van der Waals surface area contributed by atoms with E-state index in [2.05, 4.69) is 27.8 Å². The maximum absolute atomic E-state index is 11.9. The lowest BCUT2D eigenvalue weighted by molar-refractivity contribution is -0.127. The minimum Gasteiger partial charge on any atom is -0.497 e. The van der Waals surface area contributed by atoms with E-state index in [0.29, 0.717) is 12.1 Å². The molecule has 0 saturated carbocycles. The number of amides is 1. The average molecular weight is 405 g/mol. The minimum absolute atomic E-state index is 0.0168. The van der Waals surface area contributed by atoms with Crippen molar-refractivity contribution >= 4 is 11.9 Å². The van der Waals surface area contributed by atoms with E-state index in [1.165, 1.54) is 24.8 Å². The molecule has 7 nitrogen and oxygen atoms in total. The number of nitrogens with zero attached hydrogens (tertiary/aromatic N) is 2. The van der Waals surface area contributed by atoms with Crippen LogP contribution in [0.2, 0.25) is 0 Å². The summed E-state index contributed by atoms with van der Waals surface area (Å²) in [4.78, 5) is 17.9. The molecular formula is C22H36N4O3. The first-order valence-electron chi connectivity index (χ1n) is 10.6. The number of benzene rings is 1. The Labute approximate surface area is 174 Å². The van der Waals surface area contributed by atoms with Gasteiger partial charge in [0.1, 0.15) is 12.3 Å². The van der Waals surface area contributed by atoms with Gasteiger partial charge in [0.05, 0.1) is 13.2 Å². The van der Waals surface area contributed by atoms with Crippen molar-refractivity contribution in [2.24, 2.45) is 4.99 Å². The normalized spacial score (nSPS) is 16.9. The topological polar surface area (TPSA) is 75.2 Å². The van der Waals surface area contributed by atoms with Crippen LogP contribution in [0.15, 0.2) is 29.3 Å². The van der Waals surface area contributed by atoms with Gasteiger partial charge in [-0.2, -0.15) is 0 Å². The minimum atomic E-state index is -0.0168. The van der Waals surface area contributed by atoms with Gasteiger partial charge in [-0.3, -0.25) is 4.79 Å². The fraction of sp³-hybridized carbons (Fsp3) is 0.636. The van der Waals surface area contributed by atoms with Gasteiger partial charge >= 0.3 is 0 Å². The molecule has 7 heteroatoms. The van der Waals surface area contributed by atoms with Crippen LogP contribution >= 0.6 is 0 Å². The van der Waals surface area contributed by atoms with Gasteiger partial charge in [0.15, 0.2) is 5.96 Å². The van der Waals surface area contributed by atoms with Gasteiger partial charge in [-0.15, -0.1) is 0 Å². The molecule has 0 aromatic heterocycles. The van der Waals surface area contributed by atoms with E-state index in [9.17, 15) is 4.79 Å². The molecule has 1 aromatic carbocycles. The van der Waals surface area contributed by atoms with E-state index in [1.807, 2.05) is 12.1 Å². The third-order valence-corrected chi connectivity index (χ3v) is 5.01. The number of hydrogen-bond acceptors (Lipinski definition) is 4. The summed E-state index contributed by atoms with van der Waals surface area (Å²) >= 11 is 0. The molecule has 1 aliphatic heterocycles. The first kappa shape index (κ1) is 23.0. The highest BCUT2D eigenvalue weighted by Gasteiger charge is 2.13. The van der Waals surface area contributed by atoms with Crippen LogP contribution in [0.4, 0.5) is 0 Å². The quantitative estimate of drug-likeness (QED) is 0.355. The van der Waals surface area contributed by atoms with E-state index >= 15 is 0 Å². The number of hydrogen-bond donors (Lipinski definition) is 2. The second-order valence-corrected chi connectivity index (χ2v) is 7.54. The molecule has 2 N–H and O–H groups in total. The Bertz CT molecular complexity index is 625. The number of aliphatic imine (C=N–C) groups is 1. The molecular weight excluding hydrogens is 368 g/mol. The Hall–Kier alpha value is -2.28. The number of guanidine groups is 1. The molecule has 29 heavy (non-hydrogen) atoms. The van der Waals surface area contributed by atoms with E-state index < -0.39 is 0 Å². The second-order valence-electron chi connectivity index (χ2n) is 7.54. The van der Waals surface area contributed by atoms with Gasteiger partial charge in [0.25, 0.3) is 0 Å². The molecule has 162 valence electrons. The Morgan fingerprint density at radius 3 is 2.62 bits per heavy atom. The first-order valence-corrected chi connectivity index (χ1v) is 10.6. The number of nitrogens with one attached hydrogen (secondary N) is 2. The summed E-state index contributed by atoms with van der Waals surface area (Å²) in [5.74, 6) is 1.52. The smallest absolute Gasteiger partial charge is 0.243 e. The van der Waals surface area contributed by atoms with E-state index in [0.717, 1.165) is 44.7 Å². The van der Waals surface area contributed by atoms with Gasteiger partial charge < -0.3 is 25.0 Å². The van der Waals surface area contributed by atoms with Crippen LogP contribution in [-0.4, -0.2) is 70.3 Å². The number of ether oxygens (including phenoxy) is 2. The van der Waals surface area contributed by atoms with Crippen molar-refractivity contribution in [3.05, 3.63) is 29.8 Å². The average Bonchev–Trinajstić information content (AvgIpc) is 2.75. The van der Waals surface area contributed by atoms with Crippen molar-refractivity contribution in [2.45, 2.75) is 44.6 Å². The van der Waals surface area contributed by atoms with Gasteiger partial charge in [-0.1, -0.05) is 12.1 Å². The predicted octanol–water partition coefficient (Wildman–Crippen LogP) is 2.21. The molecule has 0 bridgehead atoms. The Balaban J connectivity index is 1.77. The van der Waals surface area contributed by atoms with Crippen LogP contribution < -0.4 is 15.4 Å². The molecule has 2 rings (SSSR count). The lowest BCUT2D eigenvalue weighted by Gasteiger charge is -2.22. The zero-order valence-electron chi connectivity index (χ0n) is 18.1. The summed E-state index contributed by atoms with van der Waals surface area (Å²) < 4.78 is 11.0. The molecule has 1 saturated heterocycles. The van der Waals surface area contributed by atoms with Crippen LogP contribution in [0.5, 0.6) is 5.75 Å². The van der Waals surface area contributed by atoms with Gasteiger partial charge in [-0.25, -0.2) is 4.99 Å². The van der Waals surface area contributed by atoms with Crippen LogP contribution in [0.3, 0.4) is 0 Å². The molecule has 1 heterocycles. The van der Waals surface area contributed by atoms with Crippen LogP contribution in [0.25, 0.3) is 0 Å². The number of rotatable bonds is 10. The number of methoxy groups -OCH3 is 1. The maximum atomic E-state index is 11.9. The molecule has 1 atom stereocenters. The highest BCUT2D eigenvalue weighted by molar-refractivity contribution is 5.84. The summed E-state index contributed by atoms with van der Waals surface area (Å²) in [6.45, 7) is 2.57. The molecule has 1 unspecified atom stereocenters.